The zero-order valence-electron chi connectivity index (χ0n) is 25.1. The summed E-state index contributed by atoms with van der Waals surface area (Å²) in [5.41, 5.74) is 0.346. The Morgan fingerprint density at radius 1 is 1.11 bits per heavy atom. The van der Waals surface area contributed by atoms with Crippen LogP contribution in [0.5, 0.6) is 0 Å². The molecule has 2 aromatic rings. The minimum Gasteiger partial charge on any atom is -0.469 e. The van der Waals surface area contributed by atoms with Crippen molar-refractivity contribution >= 4 is 29.6 Å². The van der Waals surface area contributed by atoms with Crippen molar-refractivity contribution in [1.82, 2.24) is 14.9 Å². The van der Waals surface area contributed by atoms with Crippen LogP contribution in [0, 0.1) is 17.0 Å². The molecule has 2 saturated heterocycles. The van der Waals surface area contributed by atoms with Gasteiger partial charge in [0.1, 0.15) is 12.8 Å². The fraction of sp³-hybridized carbons (Fsp3) is 0.406. The first kappa shape index (κ1) is 31.2. The molecule has 2 atom stereocenters. The maximum atomic E-state index is 15.5. The number of hydrazine groups is 1. The average Bonchev–Trinajstić information content (AvgIpc) is 3.18. The van der Waals surface area contributed by atoms with E-state index in [4.69, 9.17) is 18.9 Å². The molecule has 0 radical (unpaired) electrons. The molecule has 2 aromatic carbocycles. The summed E-state index contributed by atoms with van der Waals surface area (Å²) < 4.78 is 52.3. The molecule has 2 fully saturated rings. The zero-order valence-corrected chi connectivity index (χ0v) is 25.9. The number of carbonyl (C=O) groups is 3. The predicted octanol–water partition coefficient (Wildman–Crippen LogP) is 4.27. The largest absolute Gasteiger partial charge is 0.469 e. The minimum atomic E-state index is -1.28. The van der Waals surface area contributed by atoms with E-state index in [2.05, 4.69) is 0 Å². The lowest BCUT2D eigenvalue weighted by Crippen LogP contribution is -2.67. The number of amides is 1. The van der Waals surface area contributed by atoms with E-state index in [1.165, 1.54) is 18.9 Å². The molecule has 10 nitrogen and oxygen atoms in total. The van der Waals surface area contributed by atoms with Gasteiger partial charge in [-0.3, -0.25) is 19.4 Å². The van der Waals surface area contributed by atoms with Gasteiger partial charge in [0, 0.05) is 29.0 Å². The highest BCUT2D eigenvalue weighted by atomic mass is 32.2. The Morgan fingerprint density at radius 3 is 2.71 bits per heavy atom. The molecule has 0 N–H and O–H groups in total. The number of morpholine rings is 1. The smallest absolute Gasteiger partial charge is 0.317 e. The normalized spacial score (nSPS) is 24.2. The SMILES string of the molecule is COC(=O)CC(C)(C)C(=O)O/C1=C2\C(=O)N3CCOC[C@H]3N([C@@H]3c4ccccc4SCc4c3ccc(F)c4F)N2/C=C\COC1. The number of esters is 2. The molecule has 0 aliphatic carbocycles. The van der Waals surface area contributed by atoms with Gasteiger partial charge in [-0.05, 0) is 43.2 Å². The first-order valence-corrected chi connectivity index (χ1v) is 15.5. The van der Waals surface area contributed by atoms with Crippen LogP contribution in [0.1, 0.15) is 43.0 Å². The number of rotatable bonds is 5. The van der Waals surface area contributed by atoms with Crippen molar-refractivity contribution in [3.05, 3.63) is 88.5 Å². The lowest BCUT2D eigenvalue weighted by molar-refractivity contribution is -0.190. The van der Waals surface area contributed by atoms with E-state index in [1.807, 2.05) is 29.3 Å². The van der Waals surface area contributed by atoms with Crippen LogP contribution in [0.2, 0.25) is 0 Å². The van der Waals surface area contributed by atoms with Crippen molar-refractivity contribution < 1.29 is 42.1 Å². The van der Waals surface area contributed by atoms with Gasteiger partial charge in [0.2, 0.25) is 0 Å². The quantitative estimate of drug-likeness (QED) is 0.441. The van der Waals surface area contributed by atoms with Gasteiger partial charge in [-0.1, -0.05) is 24.3 Å². The van der Waals surface area contributed by atoms with E-state index >= 15 is 4.39 Å². The Balaban J connectivity index is 1.54. The third-order valence-corrected chi connectivity index (χ3v) is 9.38. The van der Waals surface area contributed by atoms with Gasteiger partial charge >= 0.3 is 11.9 Å². The molecule has 6 rings (SSSR count). The van der Waals surface area contributed by atoms with E-state index < -0.39 is 47.1 Å². The number of methoxy groups -OCH3 is 1. The van der Waals surface area contributed by atoms with E-state index in [9.17, 15) is 18.8 Å². The van der Waals surface area contributed by atoms with Crippen LogP contribution in [-0.4, -0.2) is 79.0 Å². The maximum absolute atomic E-state index is 15.5. The van der Waals surface area contributed by atoms with Crippen LogP contribution in [0.4, 0.5) is 8.78 Å². The monoisotopic (exact) mass is 641 g/mol. The summed E-state index contributed by atoms with van der Waals surface area (Å²) in [4.78, 5) is 42.3. The number of hydrogen-bond donors (Lipinski definition) is 0. The Bertz CT molecular complexity index is 1600. The van der Waals surface area contributed by atoms with Crippen molar-refractivity contribution in [2.24, 2.45) is 5.41 Å². The van der Waals surface area contributed by atoms with Gasteiger partial charge in [0.25, 0.3) is 5.91 Å². The van der Waals surface area contributed by atoms with Gasteiger partial charge in [-0.25, -0.2) is 8.78 Å². The highest BCUT2D eigenvalue weighted by Crippen LogP contribution is 2.47. The van der Waals surface area contributed by atoms with Crippen LogP contribution in [0.25, 0.3) is 0 Å². The predicted molar refractivity (Wildman–Crippen MR) is 158 cm³/mol. The summed E-state index contributed by atoms with van der Waals surface area (Å²) in [5, 5.41) is 3.53. The summed E-state index contributed by atoms with van der Waals surface area (Å²) in [6, 6.07) is 9.64. The third-order valence-electron chi connectivity index (χ3n) is 8.27. The lowest BCUT2D eigenvalue weighted by Gasteiger charge is -2.54. The molecule has 0 saturated carbocycles. The van der Waals surface area contributed by atoms with E-state index in [-0.39, 0.29) is 62.2 Å². The number of thioether (sulfide) groups is 1. The highest BCUT2D eigenvalue weighted by molar-refractivity contribution is 7.98. The van der Waals surface area contributed by atoms with Crippen LogP contribution >= 0.6 is 11.8 Å². The van der Waals surface area contributed by atoms with E-state index in [0.29, 0.717) is 5.56 Å². The fourth-order valence-corrected chi connectivity index (χ4v) is 7.06. The molecule has 0 spiro atoms. The van der Waals surface area contributed by atoms with Crippen molar-refractivity contribution in [1.29, 1.82) is 0 Å². The Kier molecular flexibility index (Phi) is 8.70. The topological polar surface area (TPSA) is 97.9 Å². The molecule has 0 unspecified atom stereocenters. The second kappa shape index (κ2) is 12.5. The molecule has 238 valence electrons. The van der Waals surface area contributed by atoms with Gasteiger partial charge in [-0.15, -0.1) is 11.8 Å². The number of halogens is 2. The summed E-state index contributed by atoms with van der Waals surface area (Å²) in [6.45, 7) is 3.70. The number of ether oxygens (including phenoxy) is 4. The number of carbonyl (C=O) groups excluding carboxylic acids is 3. The summed E-state index contributed by atoms with van der Waals surface area (Å²) >= 11 is 1.41. The Labute approximate surface area is 263 Å². The molecule has 4 aliphatic rings. The van der Waals surface area contributed by atoms with Gasteiger partial charge in [0.05, 0.1) is 44.8 Å². The number of nitrogens with zero attached hydrogens (tertiary/aromatic N) is 3. The van der Waals surface area contributed by atoms with E-state index in [1.54, 1.807) is 42.1 Å². The van der Waals surface area contributed by atoms with Gasteiger partial charge in [0.15, 0.2) is 23.1 Å². The average molecular weight is 642 g/mol. The van der Waals surface area contributed by atoms with Crippen molar-refractivity contribution in [2.75, 3.05) is 40.1 Å². The van der Waals surface area contributed by atoms with Gasteiger partial charge < -0.3 is 23.8 Å². The van der Waals surface area contributed by atoms with Gasteiger partial charge in [-0.2, -0.15) is 5.01 Å². The van der Waals surface area contributed by atoms with Crippen LogP contribution < -0.4 is 0 Å². The number of fused-ring (bicyclic) bond motifs is 4. The molecule has 1 amide bonds. The second-order valence-electron chi connectivity index (χ2n) is 11.6. The van der Waals surface area contributed by atoms with Crippen molar-refractivity contribution in [3.8, 4) is 0 Å². The standard InChI is InChI=1S/C32H33F2N3O7S/c1-32(2,15-26(38)41-3)31(40)44-23-16-42-13-6-11-36-29(23)30(39)35-12-14-43-17-25(35)37(36)28-19-9-10-22(33)27(34)21(19)18-45-24-8-5-4-7-20(24)28/h4-11,25,28H,12-18H2,1-3H3/b11-6-,29-23+/t25-,28+/m1/s1. The molecular formula is C32H33F2N3O7S. The second-order valence-corrected chi connectivity index (χ2v) is 12.7. The minimum absolute atomic E-state index is 0.0323. The zero-order chi connectivity index (χ0) is 31.9. The van der Waals surface area contributed by atoms with Crippen molar-refractivity contribution in [2.45, 2.75) is 43.1 Å². The third kappa shape index (κ3) is 5.73. The van der Waals surface area contributed by atoms with Crippen LogP contribution in [0.3, 0.4) is 0 Å². The molecule has 4 heterocycles. The molecular weight excluding hydrogens is 608 g/mol. The van der Waals surface area contributed by atoms with Crippen LogP contribution in [0.15, 0.2) is 65.0 Å². The molecule has 13 heteroatoms. The maximum Gasteiger partial charge on any atom is 0.317 e. The lowest BCUT2D eigenvalue weighted by atomic mass is 9.89. The molecule has 4 aliphatic heterocycles. The highest BCUT2D eigenvalue weighted by Gasteiger charge is 2.50. The summed E-state index contributed by atoms with van der Waals surface area (Å²) in [6.07, 6.45) is 2.50. The summed E-state index contributed by atoms with van der Waals surface area (Å²) in [5.74, 6) is -3.44. The fourth-order valence-electron chi connectivity index (χ4n) is 5.95. The first-order valence-electron chi connectivity index (χ1n) is 14.5. The molecule has 0 bridgehead atoms. The molecule has 0 aromatic heterocycles. The van der Waals surface area contributed by atoms with Crippen LogP contribution in [-0.2, 0) is 39.1 Å². The Hall–Kier alpha value is -3.78. The molecule has 45 heavy (non-hydrogen) atoms. The number of benzene rings is 2. The van der Waals surface area contributed by atoms with Crippen molar-refractivity contribution in [3.63, 3.8) is 0 Å². The van der Waals surface area contributed by atoms with E-state index in [0.717, 1.165) is 16.5 Å². The first-order chi connectivity index (χ1) is 21.6. The summed E-state index contributed by atoms with van der Waals surface area (Å²) in [7, 11) is 1.23. The number of hydrogen-bond acceptors (Lipinski definition) is 10. The Morgan fingerprint density at radius 2 is 1.91 bits per heavy atom.